The number of benzene rings is 2. The largest absolute Gasteiger partial charge is 0.338 e. The average Bonchev–Trinajstić information content (AvgIpc) is 2.98. The van der Waals surface area contributed by atoms with Crippen molar-refractivity contribution >= 4 is 5.91 Å². The van der Waals surface area contributed by atoms with E-state index in [1.165, 1.54) is 6.07 Å². The first kappa shape index (κ1) is 16.9. The zero-order valence-corrected chi connectivity index (χ0v) is 14.5. The molecule has 1 heterocycles. The van der Waals surface area contributed by atoms with E-state index in [1.54, 1.807) is 35.2 Å². The SMILES string of the molecule is Cc1cc(C)cc(C(=O)N[C@H](c2ccccc2F)c2nccn2C)c1. The molecule has 0 bridgehead atoms. The van der Waals surface area contributed by atoms with Crippen LogP contribution in [-0.2, 0) is 7.05 Å². The van der Waals surface area contributed by atoms with Crippen LogP contribution in [0, 0.1) is 19.7 Å². The van der Waals surface area contributed by atoms with Gasteiger partial charge < -0.3 is 9.88 Å². The molecule has 4 nitrogen and oxygen atoms in total. The first-order valence-corrected chi connectivity index (χ1v) is 8.06. The average molecular weight is 337 g/mol. The Labute approximate surface area is 146 Å². The Morgan fingerprint density at radius 2 is 1.84 bits per heavy atom. The number of carbonyl (C=O) groups is 1. The van der Waals surface area contributed by atoms with E-state index in [0.717, 1.165) is 11.1 Å². The lowest BCUT2D eigenvalue weighted by atomic mass is 10.0. The Balaban J connectivity index is 2.00. The second-order valence-electron chi connectivity index (χ2n) is 6.20. The van der Waals surface area contributed by atoms with Crippen LogP contribution in [0.2, 0.25) is 0 Å². The summed E-state index contributed by atoms with van der Waals surface area (Å²) >= 11 is 0. The maximum Gasteiger partial charge on any atom is 0.252 e. The van der Waals surface area contributed by atoms with Gasteiger partial charge in [0.15, 0.2) is 0 Å². The van der Waals surface area contributed by atoms with Gasteiger partial charge in [0.05, 0.1) is 0 Å². The Morgan fingerprint density at radius 1 is 1.16 bits per heavy atom. The van der Waals surface area contributed by atoms with Crippen LogP contribution in [0.4, 0.5) is 4.39 Å². The first-order valence-electron chi connectivity index (χ1n) is 8.06. The Kier molecular flexibility index (Phi) is 4.65. The molecule has 0 unspecified atom stereocenters. The van der Waals surface area contributed by atoms with Crippen molar-refractivity contribution in [1.82, 2.24) is 14.9 Å². The number of amides is 1. The summed E-state index contributed by atoms with van der Waals surface area (Å²) in [5.41, 5.74) is 2.94. The fourth-order valence-electron chi connectivity index (χ4n) is 2.97. The summed E-state index contributed by atoms with van der Waals surface area (Å²) in [5, 5.41) is 2.93. The van der Waals surface area contributed by atoms with E-state index in [0.29, 0.717) is 17.0 Å². The van der Waals surface area contributed by atoms with Crippen LogP contribution < -0.4 is 5.32 Å². The molecule has 128 valence electrons. The maximum atomic E-state index is 14.4. The molecule has 5 heteroatoms. The summed E-state index contributed by atoms with van der Waals surface area (Å²) in [6.07, 6.45) is 3.40. The lowest BCUT2D eigenvalue weighted by molar-refractivity contribution is 0.0940. The van der Waals surface area contributed by atoms with Crippen molar-refractivity contribution in [2.45, 2.75) is 19.9 Å². The van der Waals surface area contributed by atoms with Crippen LogP contribution in [0.25, 0.3) is 0 Å². The molecular formula is C20H20FN3O. The number of hydrogen-bond acceptors (Lipinski definition) is 2. The lowest BCUT2D eigenvalue weighted by Gasteiger charge is -2.20. The summed E-state index contributed by atoms with van der Waals surface area (Å²) in [5.74, 6) is -0.0675. The monoisotopic (exact) mass is 337 g/mol. The zero-order valence-electron chi connectivity index (χ0n) is 14.5. The molecule has 0 saturated carbocycles. The van der Waals surface area contributed by atoms with Gasteiger partial charge in [0.1, 0.15) is 17.7 Å². The molecule has 1 aromatic heterocycles. The van der Waals surface area contributed by atoms with Crippen molar-refractivity contribution in [3.63, 3.8) is 0 Å². The van der Waals surface area contributed by atoms with E-state index in [-0.39, 0.29) is 11.7 Å². The van der Waals surface area contributed by atoms with Gasteiger partial charge in [-0.15, -0.1) is 0 Å². The molecule has 1 N–H and O–H groups in total. The minimum absolute atomic E-state index is 0.261. The van der Waals surface area contributed by atoms with Crippen LogP contribution in [0.1, 0.15) is 38.9 Å². The zero-order chi connectivity index (χ0) is 18.0. The lowest BCUT2D eigenvalue weighted by Crippen LogP contribution is -2.31. The minimum Gasteiger partial charge on any atom is -0.338 e. The third-order valence-electron chi connectivity index (χ3n) is 4.09. The molecule has 1 atom stereocenters. The Hall–Kier alpha value is -2.95. The molecule has 25 heavy (non-hydrogen) atoms. The first-order chi connectivity index (χ1) is 12.0. The highest BCUT2D eigenvalue weighted by Gasteiger charge is 2.24. The number of aryl methyl sites for hydroxylation is 3. The van der Waals surface area contributed by atoms with Crippen LogP contribution >= 0.6 is 0 Å². The van der Waals surface area contributed by atoms with Crippen molar-refractivity contribution < 1.29 is 9.18 Å². The van der Waals surface area contributed by atoms with Gasteiger partial charge in [-0.3, -0.25) is 4.79 Å². The number of halogens is 1. The molecule has 1 amide bonds. The molecule has 0 fully saturated rings. The highest BCUT2D eigenvalue weighted by molar-refractivity contribution is 5.95. The smallest absolute Gasteiger partial charge is 0.252 e. The van der Waals surface area contributed by atoms with E-state index >= 15 is 0 Å². The maximum absolute atomic E-state index is 14.4. The summed E-state index contributed by atoms with van der Waals surface area (Å²) in [6, 6.07) is 11.4. The van der Waals surface area contributed by atoms with Gasteiger partial charge in [-0.2, -0.15) is 0 Å². The summed E-state index contributed by atoms with van der Waals surface area (Å²) in [6.45, 7) is 3.88. The summed E-state index contributed by atoms with van der Waals surface area (Å²) < 4.78 is 16.1. The number of nitrogens with zero attached hydrogens (tertiary/aromatic N) is 2. The predicted octanol–water partition coefficient (Wildman–Crippen LogP) is 3.70. The van der Waals surface area contributed by atoms with Crippen LogP contribution in [-0.4, -0.2) is 15.5 Å². The van der Waals surface area contributed by atoms with E-state index in [1.807, 2.05) is 39.1 Å². The number of rotatable bonds is 4. The van der Waals surface area contributed by atoms with Crippen LogP contribution in [0.5, 0.6) is 0 Å². The number of hydrogen-bond donors (Lipinski definition) is 1. The topological polar surface area (TPSA) is 46.9 Å². The van der Waals surface area contributed by atoms with Gasteiger partial charge in [-0.05, 0) is 32.0 Å². The summed E-state index contributed by atoms with van der Waals surface area (Å²) in [7, 11) is 1.82. The molecule has 0 saturated heterocycles. The molecule has 0 aliphatic carbocycles. The van der Waals surface area contributed by atoms with E-state index in [9.17, 15) is 9.18 Å². The minimum atomic E-state index is -0.672. The van der Waals surface area contributed by atoms with Gasteiger partial charge >= 0.3 is 0 Å². The van der Waals surface area contributed by atoms with Gasteiger partial charge in [-0.1, -0.05) is 35.4 Å². The van der Waals surface area contributed by atoms with Gasteiger partial charge in [-0.25, -0.2) is 9.37 Å². The second kappa shape index (κ2) is 6.89. The normalized spacial score (nSPS) is 12.0. The quantitative estimate of drug-likeness (QED) is 0.789. The number of carbonyl (C=O) groups excluding carboxylic acids is 1. The fraction of sp³-hybridized carbons (Fsp3) is 0.200. The Morgan fingerprint density at radius 3 is 2.44 bits per heavy atom. The van der Waals surface area contributed by atoms with Crippen LogP contribution in [0.15, 0.2) is 54.9 Å². The van der Waals surface area contributed by atoms with E-state index in [2.05, 4.69) is 10.3 Å². The number of nitrogens with one attached hydrogen (secondary N) is 1. The van der Waals surface area contributed by atoms with Crippen molar-refractivity contribution in [3.8, 4) is 0 Å². The molecule has 0 aliphatic rings. The fourth-order valence-corrected chi connectivity index (χ4v) is 2.97. The highest BCUT2D eigenvalue weighted by Crippen LogP contribution is 2.24. The molecule has 0 spiro atoms. The van der Waals surface area contributed by atoms with Crippen molar-refractivity contribution in [1.29, 1.82) is 0 Å². The molecule has 2 aromatic carbocycles. The Bertz CT molecular complexity index is 897. The molecule has 0 radical (unpaired) electrons. The van der Waals surface area contributed by atoms with Crippen LogP contribution in [0.3, 0.4) is 0 Å². The third-order valence-corrected chi connectivity index (χ3v) is 4.09. The molecule has 0 aliphatic heterocycles. The van der Waals surface area contributed by atoms with Gasteiger partial charge in [0.2, 0.25) is 0 Å². The third kappa shape index (κ3) is 3.60. The number of imidazole rings is 1. The number of aromatic nitrogens is 2. The van der Waals surface area contributed by atoms with Gasteiger partial charge in [0.25, 0.3) is 5.91 Å². The molecular weight excluding hydrogens is 317 g/mol. The van der Waals surface area contributed by atoms with Crippen molar-refractivity contribution in [3.05, 3.63) is 88.8 Å². The standard InChI is InChI=1S/C20H20FN3O/c1-13-10-14(2)12-15(11-13)20(25)23-18(19-22-8-9-24(19)3)16-6-4-5-7-17(16)21/h4-12,18H,1-3H3,(H,23,25)/t18-/m1/s1. The highest BCUT2D eigenvalue weighted by atomic mass is 19.1. The van der Waals surface area contributed by atoms with Gasteiger partial charge in [0, 0.05) is 30.6 Å². The van der Waals surface area contributed by atoms with Crippen molar-refractivity contribution in [2.24, 2.45) is 7.05 Å². The van der Waals surface area contributed by atoms with E-state index in [4.69, 9.17) is 0 Å². The second-order valence-corrected chi connectivity index (χ2v) is 6.20. The molecule has 3 rings (SSSR count). The van der Waals surface area contributed by atoms with E-state index < -0.39 is 6.04 Å². The predicted molar refractivity (Wildman–Crippen MR) is 94.8 cm³/mol. The molecule has 3 aromatic rings. The summed E-state index contributed by atoms with van der Waals surface area (Å²) in [4.78, 5) is 17.1. The van der Waals surface area contributed by atoms with Crippen molar-refractivity contribution in [2.75, 3.05) is 0 Å².